The Hall–Kier alpha value is -2.36. The molecule has 0 aliphatic rings. The summed E-state index contributed by atoms with van der Waals surface area (Å²) in [6, 6.07) is 17.9. The number of nitrogens with one attached hydrogen (secondary N) is 1. The van der Waals surface area contributed by atoms with Gasteiger partial charge in [0.1, 0.15) is 0 Å². The van der Waals surface area contributed by atoms with E-state index in [1.54, 1.807) is 0 Å². The Kier molecular flexibility index (Phi) is 5.96. The highest BCUT2D eigenvalue weighted by molar-refractivity contribution is 5.86. The number of alkyl halides is 1. The molecule has 0 saturated heterocycles. The maximum absolute atomic E-state index is 15.7. The fraction of sp³-hybridized carbons (Fsp3) is 0.350. The van der Waals surface area contributed by atoms with E-state index in [1.807, 2.05) is 74.5 Å². The average Bonchev–Trinajstić information content (AvgIpc) is 2.62. The SMILES string of the molecule is CCN(CC)C(=O)[C@](C)(F)[C@@H](Nc1ccccc1)c1ccccc1. The van der Waals surface area contributed by atoms with E-state index in [1.165, 1.54) is 11.8 Å². The Morgan fingerprint density at radius 2 is 1.54 bits per heavy atom. The highest BCUT2D eigenvalue weighted by atomic mass is 19.1. The number of anilines is 1. The van der Waals surface area contributed by atoms with Gasteiger partial charge in [-0.2, -0.15) is 0 Å². The van der Waals surface area contributed by atoms with Crippen molar-refractivity contribution >= 4 is 11.6 Å². The summed E-state index contributed by atoms with van der Waals surface area (Å²) >= 11 is 0. The van der Waals surface area contributed by atoms with Crippen molar-refractivity contribution in [2.45, 2.75) is 32.5 Å². The van der Waals surface area contributed by atoms with Crippen LogP contribution in [-0.4, -0.2) is 29.6 Å². The van der Waals surface area contributed by atoms with Crippen LogP contribution in [0.4, 0.5) is 10.1 Å². The molecule has 0 unspecified atom stereocenters. The van der Waals surface area contributed by atoms with Crippen LogP contribution in [0.15, 0.2) is 60.7 Å². The molecule has 2 aromatic carbocycles. The van der Waals surface area contributed by atoms with Crippen LogP contribution < -0.4 is 5.32 Å². The second-order valence-corrected chi connectivity index (χ2v) is 5.91. The summed E-state index contributed by atoms with van der Waals surface area (Å²) in [5.41, 5.74) is -0.544. The van der Waals surface area contributed by atoms with Gasteiger partial charge in [-0.25, -0.2) is 4.39 Å². The Morgan fingerprint density at radius 3 is 2.04 bits per heavy atom. The fourth-order valence-electron chi connectivity index (χ4n) is 2.82. The number of amides is 1. The first-order valence-corrected chi connectivity index (χ1v) is 8.35. The van der Waals surface area contributed by atoms with Gasteiger partial charge in [-0.15, -0.1) is 0 Å². The minimum absolute atomic E-state index is 0.488. The number of hydrogen-bond donors (Lipinski definition) is 1. The maximum Gasteiger partial charge on any atom is 0.262 e. The monoisotopic (exact) mass is 328 g/mol. The van der Waals surface area contributed by atoms with Crippen LogP contribution in [0.2, 0.25) is 0 Å². The van der Waals surface area contributed by atoms with E-state index in [0.717, 1.165) is 11.3 Å². The minimum Gasteiger partial charge on any atom is -0.375 e. The average molecular weight is 328 g/mol. The molecule has 0 saturated carbocycles. The van der Waals surface area contributed by atoms with Crippen LogP contribution in [0, 0.1) is 0 Å². The summed E-state index contributed by atoms with van der Waals surface area (Å²) in [5.74, 6) is -0.496. The van der Waals surface area contributed by atoms with E-state index in [4.69, 9.17) is 0 Å². The molecule has 0 spiro atoms. The van der Waals surface area contributed by atoms with Crippen molar-refractivity contribution in [3.63, 3.8) is 0 Å². The highest BCUT2D eigenvalue weighted by Crippen LogP contribution is 2.34. The third kappa shape index (κ3) is 3.94. The molecule has 0 aliphatic heterocycles. The zero-order valence-electron chi connectivity index (χ0n) is 14.5. The predicted molar refractivity (Wildman–Crippen MR) is 96.7 cm³/mol. The Bertz CT molecular complexity index is 639. The summed E-state index contributed by atoms with van der Waals surface area (Å²) in [7, 11) is 0. The zero-order chi connectivity index (χ0) is 17.6. The predicted octanol–water partition coefficient (Wildman–Crippen LogP) is 4.44. The first kappa shape index (κ1) is 18.0. The molecule has 2 rings (SSSR count). The molecule has 0 radical (unpaired) electrons. The molecule has 128 valence electrons. The number of hydrogen-bond acceptors (Lipinski definition) is 2. The molecule has 0 fully saturated rings. The van der Waals surface area contributed by atoms with Gasteiger partial charge in [-0.05, 0) is 38.5 Å². The van der Waals surface area contributed by atoms with Gasteiger partial charge < -0.3 is 10.2 Å². The van der Waals surface area contributed by atoms with Gasteiger partial charge in [0.2, 0.25) is 5.67 Å². The Morgan fingerprint density at radius 1 is 1.04 bits per heavy atom. The fourth-order valence-corrected chi connectivity index (χ4v) is 2.82. The van der Waals surface area contributed by atoms with Crippen LogP contribution in [0.5, 0.6) is 0 Å². The molecule has 1 N–H and O–H groups in total. The summed E-state index contributed by atoms with van der Waals surface area (Å²) in [5, 5.41) is 3.20. The van der Waals surface area contributed by atoms with Gasteiger partial charge in [0.25, 0.3) is 5.91 Å². The summed E-state index contributed by atoms with van der Waals surface area (Å²) in [6.07, 6.45) is 0. The van der Waals surface area contributed by atoms with Gasteiger partial charge in [0, 0.05) is 18.8 Å². The van der Waals surface area contributed by atoms with Crippen molar-refractivity contribution in [3.05, 3.63) is 66.2 Å². The summed E-state index contributed by atoms with van der Waals surface area (Å²) < 4.78 is 15.7. The molecular formula is C20H25FN2O. The van der Waals surface area contributed by atoms with Crippen molar-refractivity contribution in [3.8, 4) is 0 Å². The molecule has 4 heteroatoms. The van der Waals surface area contributed by atoms with Gasteiger partial charge in [0.15, 0.2) is 0 Å². The van der Waals surface area contributed by atoms with E-state index in [0.29, 0.717) is 13.1 Å². The largest absolute Gasteiger partial charge is 0.375 e. The van der Waals surface area contributed by atoms with Crippen LogP contribution in [-0.2, 0) is 4.79 Å². The summed E-state index contributed by atoms with van der Waals surface area (Å²) in [6.45, 7) is 6.06. The lowest BCUT2D eigenvalue weighted by Gasteiger charge is -2.35. The summed E-state index contributed by atoms with van der Waals surface area (Å²) in [4.78, 5) is 14.3. The number of rotatable bonds is 7. The first-order valence-electron chi connectivity index (χ1n) is 8.35. The smallest absolute Gasteiger partial charge is 0.262 e. The van der Waals surface area contributed by atoms with Gasteiger partial charge in [-0.3, -0.25) is 4.79 Å². The number of para-hydroxylation sites is 1. The lowest BCUT2D eigenvalue weighted by molar-refractivity contribution is -0.143. The van der Waals surface area contributed by atoms with Crippen molar-refractivity contribution in [1.82, 2.24) is 4.90 Å². The molecule has 3 nitrogen and oxygen atoms in total. The second-order valence-electron chi connectivity index (χ2n) is 5.91. The minimum atomic E-state index is -2.07. The van der Waals surface area contributed by atoms with Crippen LogP contribution in [0.3, 0.4) is 0 Å². The molecule has 2 aromatic rings. The van der Waals surface area contributed by atoms with Gasteiger partial charge >= 0.3 is 0 Å². The first-order chi connectivity index (χ1) is 11.5. The molecule has 24 heavy (non-hydrogen) atoms. The van der Waals surface area contributed by atoms with E-state index in [2.05, 4.69) is 5.32 Å². The molecular weight excluding hydrogens is 303 g/mol. The van der Waals surface area contributed by atoms with E-state index in [9.17, 15) is 4.79 Å². The lowest BCUT2D eigenvalue weighted by Crippen LogP contribution is -2.49. The third-order valence-corrected chi connectivity index (χ3v) is 4.23. The molecule has 0 aromatic heterocycles. The molecule has 1 amide bonds. The number of halogens is 1. The van der Waals surface area contributed by atoms with Gasteiger partial charge in [-0.1, -0.05) is 48.5 Å². The van der Waals surface area contributed by atoms with Gasteiger partial charge in [0.05, 0.1) is 6.04 Å². The van der Waals surface area contributed by atoms with E-state index >= 15 is 4.39 Å². The molecule has 0 bridgehead atoms. The van der Waals surface area contributed by atoms with Crippen molar-refractivity contribution < 1.29 is 9.18 Å². The lowest BCUT2D eigenvalue weighted by atomic mass is 9.90. The molecule has 0 heterocycles. The maximum atomic E-state index is 15.7. The number of carbonyl (C=O) groups is 1. The Labute approximate surface area is 143 Å². The van der Waals surface area contributed by atoms with E-state index < -0.39 is 17.6 Å². The second kappa shape index (κ2) is 7.95. The van der Waals surface area contributed by atoms with Crippen molar-refractivity contribution in [2.75, 3.05) is 18.4 Å². The van der Waals surface area contributed by atoms with Crippen LogP contribution in [0.1, 0.15) is 32.4 Å². The third-order valence-electron chi connectivity index (χ3n) is 4.23. The zero-order valence-corrected chi connectivity index (χ0v) is 14.5. The van der Waals surface area contributed by atoms with Crippen molar-refractivity contribution in [2.24, 2.45) is 0 Å². The highest BCUT2D eigenvalue weighted by Gasteiger charge is 2.44. The topological polar surface area (TPSA) is 32.3 Å². The normalized spacial score (nSPS) is 14.5. The van der Waals surface area contributed by atoms with E-state index in [-0.39, 0.29) is 0 Å². The molecule has 2 atom stereocenters. The standard InChI is InChI=1S/C20H25FN2O/c1-4-23(5-2)19(24)20(3,21)18(16-12-8-6-9-13-16)22-17-14-10-7-11-15-17/h6-15,18,22H,4-5H2,1-3H3/t18-,20+/m0/s1. The number of carbonyl (C=O) groups excluding carboxylic acids is 1. The van der Waals surface area contributed by atoms with Crippen molar-refractivity contribution in [1.29, 1.82) is 0 Å². The number of benzene rings is 2. The quantitative estimate of drug-likeness (QED) is 0.815. The molecule has 0 aliphatic carbocycles. The number of nitrogens with zero attached hydrogens (tertiary/aromatic N) is 1. The van der Waals surface area contributed by atoms with Crippen LogP contribution >= 0.6 is 0 Å². The Balaban J connectivity index is 2.39. The van der Waals surface area contributed by atoms with Crippen LogP contribution in [0.25, 0.3) is 0 Å².